The third-order valence-electron chi connectivity index (χ3n) is 1.83. The summed E-state index contributed by atoms with van der Waals surface area (Å²) in [4.78, 5) is 22.0. The van der Waals surface area contributed by atoms with Crippen molar-refractivity contribution in [3.8, 4) is 0 Å². The van der Waals surface area contributed by atoms with Crippen molar-refractivity contribution < 1.29 is 9.90 Å². The van der Waals surface area contributed by atoms with Crippen LogP contribution in [-0.2, 0) is 11.3 Å². The lowest BCUT2D eigenvalue weighted by molar-refractivity contribution is -0.137. The summed E-state index contributed by atoms with van der Waals surface area (Å²) in [6.45, 7) is -0.432. The molecule has 6 nitrogen and oxygen atoms in total. The number of hydrogen-bond acceptors (Lipinski definition) is 3. The molecule has 0 aliphatic heterocycles. The summed E-state index contributed by atoms with van der Waals surface area (Å²) in [5, 5.41) is 12.4. The Hall–Kier alpha value is -1.63. The van der Waals surface area contributed by atoms with Gasteiger partial charge in [0.1, 0.15) is 6.54 Å². The van der Waals surface area contributed by atoms with Crippen LogP contribution in [0.15, 0.2) is 27.6 Å². The number of aromatic nitrogens is 3. The van der Waals surface area contributed by atoms with Crippen LogP contribution in [0, 0.1) is 0 Å². The average molecular weight is 272 g/mol. The number of carboxylic acid groups (broad SMARTS) is 1. The molecule has 0 radical (unpaired) electrons. The normalized spacial score (nSPS) is 10.7. The molecule has 0 aliphatic carbocycles. The fourth-order valence-electron chi connectivity index (χ4n) is 1.22. The van der Waals surface area contributed by atoms with E-state index in [0.717, 1.165) is 9.15 Å². The lowest BCUT2D eigenvalue weighted by atomic mass is 10.5. The molecule has 7 heteroatoms. The SMILES string of the molecule is O=C(O)Cn1nc2ccc(Br)cn2c1=O. The predicted molar refractivity (Wildman–Crippen MR) is 54.8 cm³/mol. The highest BCUT2D eigenvalue weighted by Crippen LogP contribution is 2.08. The van der Waals surface area contributed by atoms with Gasteiger partial charge in [-0.2, -0.15) is 0 Å². The summed E-state index contributed by atoms with van der Waals surface area (Å²) in [6.07, 6.45) is 1.54. The zero-order chi connectivity index (χ0) is 11.0. The number of carbonyl (C=O) groups is 1. The first kappa shape index (κ1) is 9.91. The Morgan fingerprint density at radius 2 is 2.27 bits per heavy atom. The van der Waals surface area contributed by atoms with E-state index in [9.17, 15) is 9.59 Å². The number of carboxylic acids is 1. The Morgan fingerprint density at radius 3 is 2.93 bits per heavy atom. The van der Waals surface area contributed by atoms with Gasteiger partial charge in [0.2, 0.25) is 0 Å². The van der Waals surface area contributed by atoms with Crippen LogP contribution in [0.3, 0.4) is 0 Å². The minimum absolute atomic E-state index is 0.421. The van der Waals surface area contributed by atoms with Gasteiger partial charge in [0.15, 0.2) is 5.65 Å². The second-order valence-corrected chi connectivity index (χ2v) is 3.83. The largest absolute Gasteiger partial charge is 0.480 e. The maximum atomic E-state index is 11.6. The van der Waals surface area contributed by atoms with Gasteiger partial charge in [-0.3, -0.25) is 4.79 Å². The minimum Gasteiger partial charge on any atom is -0.480 e. The standard InChI is InChI=1S/C8H6BrN3O3/c9-5-1-2-6-10-12(4-7(13)14)8(15)11(6)3-5/h1-3H,4H2,(H,13,14). The Kier molecular flexibility index (Phi) is 2.31. The van der Waals surface area contributed by atoms with Crippen molar-refractivity contribution in [2.45, 2.75) is 6.54 Å². The maximum Gasteiger partial charge on any atom is 0.350 e. The zero-order valence-electron chi connectivity index (χ0n) is 7.42. The molecule has 0 saturated heterocycles. The molecule has 0 atom stereocenters. The third kappa shape index (κ3) is 1.78. The summed E-state index contributed by atoms with van der Waals surface area (Å²) in [6, 6.07) is 3.36. The first-order valence-corrected chi connectivity index (χ1v) is 4.84. The Morgan fingerprint density at radius 1 is 1.53 bits per heavy atom. The average Bonchev–Trinajstić information content (AvgIpc) is 2.44. The van der Waals surface area contributed by atoms with Gasteiger partial charge in [0.25, 0.3) is 0 Å². The highest BCUT2D eigenvalue weighted by Gasteiger charge is 2.09. The second kappa shape index (κ2) is 3.50. The Labute approximate surface area is 91.9 Å². The van der Waals surface area contributed by atoms with Gasteiger partial charge in [0.05, 0.1) is 0 Å². The van der Waals surface area contributed by atoms with Crippen LogP contribution < -0.4 is 5.69 Å². The van der Waals surface area contributed by atoms with Gasteiger partial charge < -0.3 is 5.11 Å². The highest BCUT2D eigenvalue weighted by atomic mass is 79.9. The molecule has 2 heterocycles. The summed E-state index contributed by atoms with van der Waals surface area (Å²) >= 11 is 3.21. The molecule has 2 aromatic rings. The molecule has 0 aromatic carbocycles. The van der Waals surface area contributed by atoms with Crippen molar-refractivity contribution in [1.29, 1.82) is 0 Å². The number of aliphatic carboxylic acids is 1. The van der Waals surface area contributed by atoms with Crippen molar-refractivity contribution in [3.05, 3.63) is 33.3 Å². The van der Waals surface area contributed by atoms with E-state index in [1.807, 2.05) is 0 Å². The fourth-order valence-corrected chi connectivity index (χ4v) is 1.56. The van der Waals surface area contributed by atoms with E-state index in [-0.39, 0.29) is 0 Å². The third-order valence-corrected chi connectivity index (χ3v) is 2.30. The van der Waals surface area contributed by atoms with Crippen LogP contribution in [0.1, 0.15) is 0 Å². The van der Waals surface area contributed by atoms with Crippen molar-refractivity contribution >= 4 is 27.5 Å². The van der Waals surface area contributed by atoms with Gasteiger partial charge in [-0.05, 0) is 28.1 Å². The highest BCUT2D eigenvalue weighted by molar-refractivity contribution is 9.10. The lowest BCUT2D eigenvalue weighted by Crippen LogP contribution is -2.24. The molecule has 2 aromatic heterocycles. The summed E-state index contributed by atoms with van der Waals surface area (Å²) < 4.78 is 2.92. The number of nitrogens with zero attached hydrogens (tertiary/aromatic N) is 3. The first-order chi connectivity index (χ1) is 7.08. The second-order valence-electron chi connectivity index (χ2n) is 2.91. The number of halogens is 1. The fraction of sp³-hybridized carbons (Fsp3) is 0.125. The molecule has 0 amide bonds. The van der Waals surface area contributed by atoms with Gasteiger partial charge in [0, 0.05) is 10.7 Å². The minimum atomic E-state index is -1.10. The van der Waals surface area contributed by atoms with Crippen molar-refractivity contribution in [2.24, 2.45) is 0 Å². The molecule has 1 N–H and O–H groups in total. The maximum absolute atomic E-state index is 11.6. The van der Waals surface area contributed by atoms with Crippen LogP contribution >= 0.6 is 15.9 Å². The topological polar surface area (TPSA) is 76.6 Å². The number of hydrogen-bond donors (Lipinski definition) is 1. The van der Waals surface area contributed by atoms with Crippen LogP contribution in [0.4, 0.5) is 0 Å². The molecule has 0 unspecified atom stereocenters. The van der Waals surface area contributed by atoms with E-state index in [4.69, 9.17) is 5.11 Å². The number of pyridine rings is 1. The van der Waals surface area contributed by atoms with Gasteiger partial charge in [-0.25, -0.2) is 13.9 Å². The molecule has 0 aliphatic rings. The summed E-state index contributed by atoms with van der Waals surface area (Å²) in [7, 11) is 0. The molecule has 0 saturated carbocycles. The van der Waals surface area contributed by atoms with Crippen LogP contribution in [0.2, 0.25) is 0 Å². The van der Waals surface area contributed by atoms with Crippen LogP contribution in [-0.4, -0.2) is 25.3 Å². The number of rotatable bonds is 2. The van der Waals surface area contributed by atoms with Crippen molar-refractivity contribution in [2.75, 3.05) is 0 Å². The van der Waals surface area contributed by atoms with E-state index in [2.05, 4.69) is 21.0 Å². The molecule has 15 heavy (non-hydrogen) atoms. The van der Waals surface area contributed by atoms with Gasteiger partial charge in [-0.1, -0.05) is 0 Å². The van der Waals surface area contributed by atoms with Crippen LogP contribution in [0.5, 0.6) is 0 Å². The van der Waals surface area contributed by atoms with Gasteiger partial charge >= 0.3 is 11.7 Å². The summed E-state index contributed by atoms with van der Waals surface area (Å²) in [5.41, 5.74) is -0.0434. The predicted octanol–water partition coefficient (Wildman–Crippen LogP) is 0.343. The van der Waals surface area contributed by atoms with Crippen molar-refractivity contribution in [3.63, 3.8) is 0 Å². The molecule has 2 rings (SSSR count). The summed E-state index contributed by atoms with van der Waals surface area (Å²) in [5.74, 6) is -1.10. The zero-order valence-corrected chi connectivity index (χ0v) is 9.01. The first-order valence-electron chi connectivity index (χ1n) is 4.04. The van der Waals surface area contributed by atoms with E-state index in [1.165, 1.54) is 4.40 Å². The lowest BCUT2D eigenvalue weighted by Gasteiger charge is -1.90. The molecular formula is C8H6BrN3O3. The quantitative estimate of drug-likeness (QED) is 0.855. The van der Waals surface area contributed by atoms with Crippen LogP contribution in [0.25, 0.3) is 5.65 Å². The number of fused-ring (bicyclic) bond motifs is 1. The Bertz CT molecular complexity index is 586. The Balaban J connectivity index is 2.65. The van der Waals surface area contributed by atoms with E-state index < -0.39 is 18.2 Å². The molecule has 0 fully saturated rings. The molecule has 78 valence electrons. The van der Waals surface area contributed by atoms with Gasteiger partial charge in [-0.15, -0.1) is 5.10 Å². The van der Waals surface area contributed by atoms with E-state index in [1.54, 1.807) is 18.3 Å². The molecule has 0 bridgehead atoms. The molecule has 0 spiro atoms. The smallest absolute Gasteiger partial charge is 0.350 e. The molecular weight excluding hydrogens is 266 g/mol. The van der Waals surface area contributed by atoms with E-state index >= 15 is 0 Å². The van der Waals surface area contributed by atoms with E-state index in [0.29, 0.717) is 5.65 Å². The monoisotopic (exact) mass is 271 g/mol. The van der Waals surface area contributed by atoms with Crippen molar-refractivity contribution in [1.82, 2.24) is 14.2 Å².